The molecule has 3 nitrogen and oxygen atoms in total. The number of rotatable bonds is 4. The van der Waals surface area contributed by atoms with Crippen LogP contribution in [0.3, 0.4) is 0 Å². The first-order valence-electron chi connectivity index (χ1n) is 5.77. The maximum absolute atomic E-state index is 12.7. The molecule has 0 heterocycles. The summed E-state index contributed by atoms with van der Waals surface area (Å²) in [7, 11) is -3.50. The number of aryl methyl sites for hydroxylation is 1. The van der Waals surface area contributed by atoms with Crippen molar-refractivity contribution in [2.24, 2.45) is 0 Å². The van der Waals surface area contributed by atoms with E-state index in [-0.39, 0.29) is 5.75 Å². The highest BCUT2D eigenvalue weighted by Gasteiger charge is 2.13. The van der Waals surface area contributed by atoms with Crippen LogP contribution >= 0.6 is 0 Å². The highest BCUT2D eigenvalue weighted by Crippen LogP contribution is 2.15. The fourth-order valence-corrected chi connectivity index (χ4v) is 3.01. The van der Waals surface area contributed by atoms with E-state index in [1.807, 2.05) is 19.1 Å². The molecule has 0 radical (unpaired) electrons. The van der Waals surface area contributed by atoms with Crippen LogP contribution < -0.4 is 4.72 Å². The molecule has 19 heavy (non-hydrogen) atoms. The average molecular weight is 279 g/mol. The van der Waals surface area contributed by atoms with Crippen molar-refractivity contribution in [1.82, 2.24) is 0 Å². The largest absolute Gasteiger partial charge is 0.283 e. The number of sulfonamides is 1. The molecule has 0 aromatic heterocycles. The average Bonchev–Trinajstić information content (AvgIpc) is 2.35. The molecule has 100 valence electrons. The lowest BCUT2D eigenvalue weighted by Crippen LogP contribution is -2.15. The molecule has 0 aliphatic heterocycles. The molecule has 0 fully saturated rings. The molecule has 0 saturated heterocycles. The van der Waals surface area contributed by atoms with Gasteiger partial charge in [0.25, 0.3) is 0 Å². The Morgan fingerprint density at radius 1 is 1.05 bits per heavy atom. The zero-order valence-electron chi connectivity index (χ0n) is 10.4. The molecule has 5 heteroatoms. The van der Waals surface area contributed by atoms with Gasteiger partial charge in [-0.15, -0.1) is 0 Å². The lowest BCUT2D eigenvalue weighted by Gasteiger charge is -2.09. The fraction of sp³-hybridized carbons (Fsp3) is 0.143. The first-order chi connectivity index (χ1) is 8.96. The van der Waals surface area contributed by atoms with E-state index in [4.69, 9.17) is 0 Å². The molecule has 0 saturated carbocycles. The Bertz CT molecular complexity index is 666. The molecular weight excluding hydrogens is 265 g/mol. The topological polar surface area (TPSA) is 46.2 Å². The molecule has 2 aromatic rings. The monoisotopic (exact) mass is 279 g/mol. The minimum absolute atomic E-state index is 0.100. The van der Waals surface area contributed by atoms with Crippen LogP contribution in [-0.2, 0) is 15.8 Å². The SMILES string of the molecule is Cc1ccccc1CS(=O)(=O)Nc1ccc(F)cc1. The quantitative estimate of drug-likeness (QED) is 0.935. The maximum Gasteiger partial charge on any atom is 0.236 e. The highest BCUT2D eigenvalue weighted by molar-refractivity contribution is 7.91. The maximum atomic E-state index is 12.7. The van der Waals surface area contributed by atoms with Gasteiger partial charge in [0, 0.05) is 5.69 Å². The Balaban J connectivity index is 2.15. The Labute approximate surface area is 112 Å². The normalized spacial score (nSPS) is 11.3. The molecule has 2 rings (SSSR count). The third kappa shape index (κ3) is 3.79. The van der Waals surface area contributed by atoms with E-state index in [1.165, 1.54) is 24.3 Å². The van der Waals surface area contributed by atoms with Gasteiger partial charge >= 0.3 is 0 Å². The van der Waals surface area contributed by atoms with Crippen molar-refractivity contribution in [3.05, 3.63) is 65.5 Å². The summed E-state index contributed by atoms with van der Waals surface area (Å²) in [6.45, 7) is 1.86. The van der Waals surface area contributed by atoms with Gasteiger partial charge in [0.15, 0.2) is 0 Å². The van der Waals surface area contributed by atoms with Crippen molar-refractivity contribution >= 4 is 15.7 Å². The van der Waals surface area contributed by atoms with Crippen molar-refractivity contribution in [2.45, 2.75) is 12.7 Å². The summed E-state index contributed by atoms with van der Waals surface area (Å²) in [6, 6.07) is 12.5. The first kappa shape index (κ1) is 13.5. The third-order valence-electron chi connectivity index (χ3n) is 2.72. The van der Waals surface area contributed by atoms with E-state index in [9.17, 15) is 12.8 Å². The summed E-state index contributed by atoms with van der Waals surface area (Å²) >= 11 is 0. The van der Waals surface area contributed by atoms with Crippen LogP contribution in [-0.4, -0.2) is 8.42 Å². The lowest BCUT2D eigenvalue weighted by atomic mass is 10.1. The molecule has 0 atom stereocenters. The Morgan fingerprint density at radius 3 is 2.32 bits per heavy atom. The van der Waals surface area contributed by atoms with Crippen molar-refractivity contribution in [1.29, 1.82) is 0 Å². The number of hydrogen-bond acceptors (Lipinski definition) is 2. The van der Waals surface area contributed by atoms with Gasteiger partial charge in [-0.1, -0.05) is 24.3 Å². The molecule has 1 N–H and O–H groups in total. The fourth-order valence-electron chi connectivity index (χ4n) is 1.71. The number of benzene rings is 2. The molecule has 0 spiro atoms. The summed E-state index contributed by atoms with van der Waals surface area (Å²) < 4.78 is 39.2. The van der Waals surface area contributed by atoms with E-state index < -0.39 is 15.8 Å². The molecule has 0 bridgehead atoms. The van der Waals surface area contributed by atoms with Gasteiger partial charge in [0.1, 0.15) is 5.82 Å². The van der Waals surface area contributed by atoms with Gasteiger partial charge in [0.2, 0.25) is 10.0 Å². The second kappa shape index (κ2) is 5.40. The van der Waals surface area contributed by atoms with Gasteiger partial charge < -0.3 is 0 Å². The van der Waals surface area contributed by atoms with Crippen molar-refractivity contribution in [3.8, 4) is 0 Å². The van der Waals surface area contributed by atoms with Gasteiger partial charge in [0.05, 0.1) is 5.75 Å². The molecule has 0 aliphatic rings. The zero-order valence-corrected chi connectivity index (χ0v) is 11.2. The van der Waals surface area contributed by atoms with Crippen LogP contribution in [0.15, 0.2) is 48.5 Å². The van der Waals surface area contributed by atoms with Crippen LogP contribution in [0.1, 0.15) is 11.1 Å². The van der Waals surface area contributed by atoms with Crippen LogP contribution in [0.2, 0.25) is 0 Å². The number of nitrogens with one attached hydrogen (secondary N) is 1. The lowest BCUT2D eigenvalue weighted by molar-refractivity contribution is 0.600. The summed E-state index contributed by atoms with van der Waals surface area (Å²) in [5.41, 5.74) is 2.03. The predicted octanol–water partition coefficient (Wildman–Crippen LogP) is 3.08. The molecule has 0 amide bonds. The van der Waals surface area contributed by atoms with Crippen molar-refractivity contribution < 1.29 is 12.8 Å². The zero-order chi connectivity index (χ0) is 13.9. The van der Waals surface area contributed by atoms with Crippen molar-refractivity contribution in [3.63, 3.8) is 0 Å². The summed E-state index contributed by atoms with van der Waals surface area (Å²) in [6.07, 6.45) is 0. The minimum atomic E-state index is -3.50. The van der Waals surface area contributed by atoms with E-state index in [0.29, 0.717) is 5.69 Å². The number of anilines is 1. The predicted molar refractivity (Wildman–Crippen MR) is 73.8 cm³/mol. The Morgan fingerprint density at radius 2 is 1.68 bits per heavy atom. The second-order valence-corrected chi connectivity index (χ2v) is 6.02. The smallest absolute Gasteiger partial charge is 0.236 e. The van der Waals surface area contributed by atoms with Crippen molar-refractivity contribution in [2.75, 3.05) is 4.72 Å². The van der Waals surface area contributed by atoms with Gasteiger partial charge in [-0.25, -0.2) is 12.8 Å². The van der Waals surface area contributed by atoms with Gasteiger partial charge in [-0.05, 0) is 42.3 Å². The standard InChI is InChI=1S/C14H14FNO2S/c1-11-4-2-3-5-12(11)10-19(17,18)16-14-8-6-13(15)7-9-14/h2-9,16H,10H2,1H3. The summed E-state index contributed by atoms with van der Waals surface area (Å²) in [5.74, 6) is -0.501. The summed E-state index contributed by atoms with van der Waals surface area (Å²) in [4.78, 5) is 0. The highest BCUT2D eigenvalue weighted by atomic mass is 32.2. The number of halogens is 1. The van der Waals surface area contributed by atoms with Crippen LogP contribution in [0.25, 0.3) is 0 Å². The molecular formula is C14H14FNO2S. The van der Waals surface area contributed by atoms with Gasteiger partial charge in [-0.2, -0.15) is 0 Å². The second-order valence-electron chi connectivity index (χ2n) is 4.29. The minimum Gasteiger partial charge on any atom is -0.283 e. The van der Waals surface area contributed by atoms with Crippen LogP contribution in [0.4, 0.5) is 10.1 Å². The molecule has 0 unspecified atom stereocenters. The summed E-state index contributed by atoms with van der Waals surface area (Å²) in [5, 5.41) is 0. The van der Waals surface area contributed by atoms with Crippen LogP contribution in [0.5, 0.6) is 0 Å². The first-order valence-corrected chi connectivity index (χ1v) is 7.42. The van der Waals surface area contributed by atoms with E-state index in [2.05, 4.69) is 4.72 Å². The Hall–Kier alpha value is -1.88. The van der Waals surface area contributed by atoms with Gasteiger partial charge in [-0.3, -0.25) is 4.72 Å². The number of hydrogen-bond donors (Lipinski definition) is 1. The Kier molecular flexibility index (Phi) is 3.85. The third-order valence-corrected chi connectivity index (χ3v) is 3.96. The van der Waals surface area contributed by atoms with Crippen LogP contribution in [0, 0.1) is 12.7 Å². The molecule has 2 aromatic carbocycles. The van der Waals surface area contributed by atoms with E-state index >= 15 is 0 Å². The van der Waals surface area contributed by atoms with E-state index in [0.717, 1.165) is 11.1 Å². The molecule has 0 aliphatic carbocycles. The van der Waals surface area contributed by atoms with E-state index in [1.54, 1.807) is 12.1 Å².